The van der Waals surface area contributed by atoms with Gasteiger partial charge in [0, 0.05) is 24.0 Å². The molecule has 2 aromatic rings. The van der Waals surface area contributed by atoms with E-state index in [4.69, 9.17) is 25.8 Å². The Balaban J connectivity index is 1.51. The highest BCUT2D eigenvalue weighted by Gasteiger charge is 2.32. The van der Waals surface area contributed by atoms with Gasteiger partial charge in [-0.05, 0) is 18.2 Å². The Morgan fingerprint density at radius 1 is 1.20 bits per heavy atom. The van der Waals surface area contributed by atoms with Gasteiger partial charge >= 0.3 is 6.03 Å². The lowest BCUT2D eigenvalue weighted by molar-refractivity contribution is 0.0461. The van der Waals surface area contributed by atoms with Gasteiger partial charge in [-0.3, -0.25) is 0 Å². The number of rotatable bonds is 5. The van der Waals surface area contributed by atoms with Gasteiger partial charge in [-0.2, -0.15) is 0 Å². The largest absolute Gasteiger partial charge is 0.493 e. The van der Waals surface area contributed by atoms with Crippen LogP contribution in [0, 0.1) is 0 Å². The molecule has 8 heteroatoms. The number of benzene rings is 1. The minimum absolute atomic E-state index is 0.0789. The van der Waals surface area contributed by atoms with Crippen molar-refractivity contribution in [1.29, 1.82) is 0 Å². The second kappa shape index (κ2) is 7.48. The molecular formula is C17H18ClN3O4. The molecule has 25 heavy (non-hydrogen) atoms. The molecule has 2 heterocycles. The zero-order valence-corrected chi connectivity index (χ0v) is 14.6. The molecule has 0 atom stereocenters. The molecule has 1 fully saturated rings. The van der Waals surface area contributed by atoms with Crippen LogP contribution < -0.4 is 19.5 Å². The van der Waals surface area contributed by atoms with Crippen LogP contribution in [0.4, 0.5) is 10.5 Å². The Hall–Kier alpha value is -2.67. The highest BCUT2D eigenvalue weighted by molar-refractivity contribution is 6.30. The average molecular weight is 364 g/mol. The van der Waals surface area contributed by atoms with Crippen molar-refractivity contribution in [3.05, 3.63) is 41.6 Å². The van der Waals surface area contributed by atoms with Crippen molar-refractivity contribution in [2.75, 3.05) is 32.6 Å². The maximum Gasteiger partial charge on any atom is 0.322 e. The lowest BCUT2D eigenvalue weighted by Gasteiger charge is -2.38. The minimum Gasteiger partial charge on any atom is -0.493 e. The molecule has 1 aromatic carbocycles. The van der Waals surface area contributed by atoms with Gasteiger partial charge in [0.2, 0.25) is 5.88 Å². The smallest absolute Gasteiger partial charge is 0.322 e. The number of amides is 2. The molecule has 7 nitrogen and oxygen atoms in total. The van der Waals surface area contributed by atoms with E-state index < -0.39 is 0 Å². The van der Waals surface area contributed by atoms with E-state index in [1.165, 1.54) is 6.20 Å². The van der Waals surface area contributed by atoms with E-state index in [1.54, 1.807) is 49.5 Å². The van der Waals surface area contributed by atoms with E-state index in [9.17, 15) is 4.79 Å². The van der Waals surface area contributed by atoms with E-state index in [0.29, 0.717) is 41.2 Å². The van der Waals surface area contributed by atoms with Crippen LogP contribution in [0.25, 0.3) is 0 Å². The van der Waals surface area contributed by atoms with Crippen LogP contribution in [-0.4, -0.2) is 49.3 Å². The van der Waals surface area contributed by atoms with E-state index in [1.807, 2.05) is 0 Å². The molecule has 0 spiro atoms. The van der Waals surface area contributed by atoms with Crippen LogP contribution in [0.3, 0.4) is 0 Å². The number of carbonyl (C=O) groups is 1. The Kier molecular flexibility index (Phi) is 5.14. The Bertz CT molecular complexity index is 748. The molecule has 1 N–H and O–H groups in total. The molecule has 1 aromatic heterocycles. The Labute approximate surface area is 150 Å². The van der Waals surface area contributed by atoms with Crippen LogP contribution in [-0.2, 0) is 0 Å². The number of nitrogens with zero attached hydrogens (tertiary/aromatic N) is 2. The predicted molar refractivity (Wildman–Crippen MR) is 93.8 cm³/mol. The van der Waals surface area contributed by atoms with Gasteiger partial charge in [-0.15, -0.1) is 0 Å². The molecule has 1 aliphatic rings. The fraction of sp³-hybridized carbons (Fsp3) is 0.294. The summed E-state index contributed by atoms with van der Waals surface area (Å²) in [7, 11) is 3.11. The fourth-order valence-corrected chi connectivity index (χ4v) is 2.51. The number of ether oxygens (including phenoxy) is 3. The van der Waals surface area contributed by atoms with E-state index in [2.05, 4.69) is 10.3 Å². The lowest BCUT2D eigenvalue weighted by atomic mass is 10.2. The maximum absolute atomic E-state index is 12.2. The summed E-state index contributed by atoms with van der Waals surface area (Å²) < 4.78 is 16.1. The summed E-state index contributed by atoms with van der Waals surface area (Å²) in [4.78, 5) is 18.0. The van der Waals surface area contributed by atoms with Crippen LogP contribution in [0.1, 0.15) is 0 Å². The van der Waals surface area contributed by atoms with Crippen molar-refractivity contribution < 1.29 is 19.0 Å². The van der Waals surface area contributed by atoms with Gasteiger partial charge < -0.3 is 24.4 Å². The monoisotopic (exact) mass is 363 g/mol. The van der Waals surface area contributed by atoms with Gasteiger partial charge in [0.1, 0.15) is 6.10 Å². The Morgan fingerprint density at radius 2 is 1.96 bits per heavy atom. The fourth-order valence-electron chi connectivity index (χ4n) is 2.40. The van der Waals surface area contributed by atoms with Crippen molar-refractivity contribution in [3.63, 3.8) is 0 Å². The van der Waals surface area contributed by atoms with Crippen molar-refractivity contribution >= 4 is 23.3 Å². The van der Waals surface area contributed by atoms with Crippen LogP contribution in [0.2, 0.25) is 5.02 Å². The molecule has 0 aliphatic carbocycles. The summed E-state index contributed by atoms with van der Waals surface area (Å²) in [5.41, 5.74) is 0.631. The second-order valence-corrected chi connectivity index (χ2v) is 5.90. The number of aromatic nitrogens is 1. The third kappa shape index (κ3) is 4.06. The molecule has 132 valence electrons. The molecular weight excluding hydrogens is 346 g/mol. The topological polar surface area (TPSA) is 72.9 Å². The van der Waals surface area contributed by atoms with Gasteiger partial charge in [-0.1, -0.05) is 11.6 Å². The Morgan fingerprint density at radius 3 is 2.60 bits per heavy atom. The first-order valence-electron chi connectivity index (χ1n) is 7.65. The first kappa shape index (κ1) is 17.2. The molecule has 3 rings (SSSR count). The molecule has 0 radical (unpaired) electrons. The molecule has 0 saturated carbocycles. The second-order valence-electron chi connectivity index (χ2n) is 5.46. The summed E-state index contributed by atoms with van der Waals surface area (Å²) in [5, 5.41) is 3.38. The summed E-state index contributed by atoms with van der Waals surface area (Å²) in [5.74, 6) is 1.65. The van der Waals surface area contributed by atoms with E-state index >= 15 is 0 Å². The predicted octanol–water partition coefficient (Wildman–Crippen LogP) is 3.05. The van der Waals surface area contributed by atoms with Gasteiger partial charge in [0.25, 0.3) is 0 Å². The van der Waals surface area contributed by atoms with Crippen LogP contribution >= 0.6 is 11.6 Å². The minimum atomic E-state index is -0.198. The number of methoxy groups -OCH3 is 2. The van der Waals surface area contributed by atoms with Crippen molar-refractivity contribution in [2.24, 2.45) is 0 Å². The first-order chi connectivity index (χ1) is 12.1. The number of hydrogen-bond donors (Lipinski definition) is 1. The zero-order valence-electron chi connectivity index (χ0n) is 13.9. The normalized spacial score (nSPS) is 13.8. The van der Waals surface area contributed by atoms with Crippen molar-refractivity contribution in [2.45, 2.75) is 6.10 Å². The van der Waals surface area contributed by atoms with Crippen molar-refractivity contribution in [3.8, 4) is 17.4 Å². The molecule has 1 saturated heterocycles. The zero-order chi connectivity index (χ0) is 17.8. The maximum atomic E-state index is 12.2. The first-order valence-corrected chi connectivity index (χ1v) is 8.03. The number of pyridine rings is 1. The lowest BCUT2D eigenvalue weighted by Crippen LogP contribution is -2.57. The molecule has 1 aliphatic heterocycles. The summed E-state index contributed by atoms with van der Waals surface area (Å²) in [6, 6.07) is 8.42. The van der Waals surface area contributed by atoms with Crippen LogP contribution in [0.5, 0.6) is 17.4 Å². The number of anilines is 1. The number of likely N-dealkylation sites (tertiary alicyclic amines) is 1. The third-order valence-electron chi connectivity index (χ3n) is 3.76. The number of hydrogen-bond acceptors (Lipinski definition) is 5. The van der Waals surface area contributed by atoms with Crippen molar-refractivity contribution in [1.82, 2.24) is 9.88 Å². The van der Waals surface area contributed by atoms with Gasteiger partial charge in [0.15, 0.2) is 11.5 Å². The average Bonchev–Trinajstić information content (AvgIpc) is 2.59. The summed E-state index contributed by atoms with van der Waals surface area (Å²) in [6.07, 6.45) is 1.45. The molecule has 2 amide bonds. The number of carbonyl (C=O) groups excluding carboxylic acids is 1. The van der Waals surface area contributed by atoms with E-state index in [-0.39, 0.29) is 12.1 Å². The highest BCUT2D eigenvalue weighted by atomic mass is 35.5. The number of urea groups is 1. The highest BCUT2D eigenvalue weighted by Crippen LogP contribution is 2.30. The number of halogens is 1. The molecule has 0 unspecified atom stereocenters. The quantitative estimate of drug-likeness (QED) is 0.883. The van der Waals surface area contributed by atoms with Crippen LogP contribution in [0.15, 0.2) is 36.5 Å². The SMILES string of the molecule is COc1ccc(NC(=O)N2CC(Oc3ccc(Cl)cn3)C2)cc1OC. The van der Waals surface area contributed by atoms with Gasteiger partial charge in [0.05, 0.1) is 32.3 Å². The third-order valence-corrected chi connectivity index (χ3v) is 3.98. The number of nitrogens with one attached hydrogen (secondary N) is 1. The molecule has 0 bridgehead atoms. The summed E-state index contributed by atoms with van der Waals surface area (Å²) >= 11 is 5.78. The standard InChI is InChI=1S/C17H18ClN3O4/c1-23-14-5-4-12(7-15(14)24-2)20-17(22)21-9-13(10-21)25-16-6-3-11(18)8-19-16/h3-8,13H,9-10H2,1-2H3,(H,20,22). The summed E-state index contributed by atoms with van der Waals surface area (Å²) in [6.45, 7) is 0.979. The van der Waals surface area contributed by atoms with E-state index in [0.717, 1.165) is 0 Å². The van der Waals surface area contributed by atoms with Gasteiger partial charge in [-0.25, -0.2) is 9.78 Å².